The fourth-order valence-corrected chi connectivity index (χ4v) is 7.67. The first-order chi connectivity index (χ1) is 13.7. The van der Waals surface area contributed by atoms with E-state index in [9.17, 15) is 4.79 Å². The quantitative estimate of drug-likeness (QED) is 0.750. The van der Waals surface area contributed by atoms with Gasteiger partial charge in [-0.15, -0.1) is 0 Å². The summed E-state index contributed by atoms with van der Waals surface area (Å²) in [5.41, 5.74) is 5.78. The Balaban J connectivity index is 1.14. The average molecular weight is 377 g/mol. The fraction of sp³-hybridized carbons (Fsp3) is 0.640. The molecule has 1 amide bonds. The number of nitrogens with one attached hydrogen (secondary N) is 2. The number of hydrogen-bond donors (Lipinski definition) is 2. The number of aryl methyl sites for hydroxylation is 2. The molecule has 0 saturated heterocycles. The van der Waals surface area contributed by atoms with Gasteiger partial charge in [-0.2, -0.15) is 0 Å². The molecule has 4 fully saturated rings. The van der Waals surface area contributed by atoms with Gasteiger partial charge in [-0.05, 0) is 111 Å². The van der Waals surface area contributed by atoms with Gasteiger partial charge in [0.25, 0.3) is 0 Å². The van der Waals surface area contributed by atoms with Gasteiger partial charge in [0.2, 0.25) is 5.91 Å². The number of rotatable bonds is 4. The number of H-pyrrole nitrogens is 1. The van der Waals surface area contributed by atoms with E-state index >= 15 is 0 Å². The second-order valence-electron chi connectivity index (χ2n) is 10.5. The van der Waals surface area contributed by atoms with E-state index in [1.165, 1.54) is 91.9 Å². The monoisotopic (exact) mass is 376 g/mol. The number of aromatic nitrogens is 1. The Morgan fingerprint density at radius 3 is 2.50 bits per heavy atom. The molecule has 148 valence electrons. The van der Waals surface area contributed by atoms with E-state index in [-0.39, 0.29) is 5.91 Å². The molecule has 3 heteroatoms. The lowest BCUT2D eigenvalue weighted by Gasteiger charge is -2.56. The summed E-state index contributed by atoms with van der Waals surface area (Å²) in [6.45, 7) is 0.668. The van der Waals surface area contributed by atoms with Crippen LogP contribution in [0, 0.1) is 23.2 Å². The Morgan fingerprint density at radius 1 is 1.04 bits per heavy atom. The van der Waals surface area contributed by atoms with E-state index in [0.717, 1.165) is 24.2 Å². The van der Waals surface area contributed by atoms with Crippen molar-refractivity contribution >= 4 is 16.8 Å². The molecule has 0 radical (unpaired) electrons. The smallest absolute Gasteiger partial charge is 0.220 e. The van der Waals surface area contributed by atoms with Crippen LogP contribution in [0.3, 0.4) is 0 Å². The summed E-state index contributed by atoms with van der Waals surface area (Å²) in [5, 5.41) is 4.64. The third-order valence-corrected chi connectivity index (χ3v) is 8.35. The molecule has 2 aromatic rings. The van der Waals surface area contributed by atoms with E-state index in [1.807, 2.05) is 0 Å². The highest BCUT2D eigenvalue weighted by Crippen LogP contribution is 2.61. The molecule has 3 nitrogen and oxygen atoms in total. The number of aromatic amines is 1. The Kier molecular flexibility index (Phi) is 3.89. The molecule has 28 heavy (non-hydrogen) atoms. The van der Waals surface area contributed by atoms with Crippen LogP contribution < -0.4 is 5.32 Å². The zero-order chi connectivity index (χ0) is 18.7. The Morgan fingerprint density at radius 2 is 1.75 bits per heavy atom. The molecule has 1 aromatic heterocycles. The molecule has 4 bridgehead atoms. The third kappa shape index (κ3) is 2.89. The zero-order valence-electron chi connectivity index (χ0n) is 16.9. The van der Waals surface area contributed by atoms with E-state index in [4.69, 9.17) is 0 Å². The van der Waals surface area contributed by atoms with Gasteiger partial charge in [-0.3, -0.25) is 4.79 Å². The third-order valence-electron chi connectivity index (χ3n) is 8.35. The molecule has 1 aromatic carbocycles. The van der Waals surface area contributed by atoms with Crippen molar-refractivity contribution in [2.24, 2.45) is 23.2 Å². The molecule has 4 saturated carbocycles. The first kappa shape index (κ1) is 17.1. The van der Waals surface area contributed by atoms with Crippen molar-refractivity contribution in [1.82, 2.24) is 10.3 Å². The molecular formula is C25H32N2O. The minimum absolute atomic E-state index is 0.276. The summed E-state index contributed by atoms with van der Waals surface area (Å²) in [5.74, 6) is 3.03. The van der Waals surface area contributed by atoms with Crippen LogP contribution in [0.1, 0.15) is 74.6 Å². The molecule has 7 rings (SSSR count). The summed E-state index contributed by atoms with van der Waals surface area (Å²) in [4.78, 5) is 16.4. The second kappa shape index (κ2) is 6.37. The minimum Gasteiger partial charge on any atom is -0.358 e. The van der Waals surface area contributed by atoms with Gasteiger partial charge in [0.05, 0.1) is 0 Å². The van der Waals surface area contributed by atoms with Crippen molar-refractivity contribution in [1.29, 1.82) is 0 Å². The van der Waals surface area contributed by atoms with Crippen LogP contribution in [0.15, 0.2) is 18.2 Å². The number of benzene rings is 1. The first-order valence-corrected chi connectivity index (χ1v) is 11.5. The summed E-state index contributed by atoms with van der Waals surface area (Å²) in [7, 11) is 0. The Labute approximate surface area is 167 Å². The summed E-state index contributed by atoms with van der Waals surface area (Å²) in [6, 6.07) is 6.69. The molecule has 5 aliphatic rings. The van der Waals surface area contributed by atoms with Gasteiger partial charge in [0, 0.05) is 29.6 Å². The van der Waals surface area contributed by atoms with Gasteiger partial charge < -0.3 is 10.3 Å². The number of amides is 1. The van der Waals surface area contributed by atoms with Gasteiger partial charge in [-0.25, -0.2) is 0 Å². The lowest BCUT2D eigenvalue weighted by atomic mass is 9.49. The summed E-state index contributed by atoms with van der Waals surface area (Å²) < 4.78 is 0. The number of carbonyl (C=O) groups excluding carboxylic acids is 1. The predicted molar refractivity (Wildman–Crippen MR) is 112 cm³/mol. The van der Waals surface area contributed by atoms with E-state index in [1.54, 1.807) is 0 Å². The van der Waals surface area contributed by atoms with Gasteiger partial charge in [0.15, 0.2) is 0 Å². The van der Waals surface area contributed by atoms with Crippen LogP contribution in [-0.2, 0) is 24.2 Å². The number of hydrogen-bond acceptors (Lipinski definition) is 1. The van der Waals surface area contributed by atoms with Crippen LogP contribution in [0.4, 0.5) is 0 Å². The van der Waals surface area contributed by atoms with Gasteiger partial charge in [0.1, 0.15) is 0 Å². The fourth-order valence-electron chi connectivity index (χ4n) is 7.67. The summed E-state index contributed by atoms with van der Waals surface area (Å²) in [6.07, 6.45) is 14.0. The topological polar surface area (TPSA) is 44.9 Å². The second-order valence-corrected chi connectivity index (χ2v) is 10.5. The molecule has 0 atom stereocenters. The Bertz CT molecular complexity index is 889. The molecule has 0 spiro atoms. The Hall–Kier alpha value is -1.77. The lowest BCUT2D eigenvalue weighted by molar-refractivity contribution is -0.129. The zero-order valence-corrected chi connectivity index (χ0v) is 16.9. The maximum atomic E-state index is 12.8. The van der Waals surface area contributed by atoms with E-state index < -0.39 is 0 Å². The molecule has 0 aliphatic heterocycles. The maximum absolute atomic E-state index is 12.8. The van der Waals surface area contributed by atoms with Crippen molar-refractivity contribution in [3.63, 3.8) is 0 Å². The van der Waals surface area contributed by atoms with E-state index in [0.29, 0.717) is 12.0 Å². The minimum atomic E-state index is 0.276. The van der Waals surface area contributed by atoms with Crippen LogP contribution in [0.5, 0.6) is 0 Å². The molecule has 5 aliphatic carbocycles. The van der Waals surface area contributed by atoms with Crippen molar-refractivity contribution in [3.8, 4) is 0 Å². The largest absolute Gasteiger partial charge is 0.358 e. The molecule has 1 heterocycles. The van der Waals surface area contributed by atoms with Crippen molar-refractivity contribution in [3.05, 3.63) is 35.0 Å². The lowest BCUT2D eigenvalue weighted by Crippen LogP contribution is -2.47. The summed E-state index contributed by atoms with van der Waals surface area (Å²) >= 11 is 0. The van der Waals surface area contributed by atoms with Crippen molar-refractivity contribution in [2.75, 3.05) is 0 Å². The highest BCUT2D eigenvalue weighted by Gasteiger charge is 2.51. The van der Waals surface area contributed by atoms with Crippen LogP contribution >= 0.6 is 0 Å². The highest BCUT2D eigenvalue weighted by molar-refractivity contribution is 5.86. The van der Waals surface area contributed by atoms with Crippen LogP contribution in [0.2, 0.25) is 0 Å². The molecule has 2 N–H and O–H groups in total. The van der Waals surface area contributed by atoms with Crippen molar-refractivity contribution in [2.45, 2.75) is 77.2 Å². The van der Waals surface area contributed by atoms with Gasteiger partial charge in [-0.1, -0.05) is 6.07 Å². The van der Waals surface area contributed by atoms with Crippen LogP contribution in [0.25, 0.3) is 10.9 Å². The first-order valence-electron chi connectivity index (χ1n) is 11.5. The van der Waals surface area contributed by atoms with Crippen molar-refractivity contribution < 1.29 is 4.79 Å². The predicted octanol–water partition coefficient (Wildman–Crippen LogP) is 5.27. The normalized spacial score (nSPS) is 33.2. The van der Waals surface area contributed by atoms with Crippen LogP contribution in [-0.4, -0.2) is 10.9 Å². The number of carbonyl (C=O) groups is 1. The average Bonchev–Trinajstić information content (AvgIpc) is 3.03. The molecule has 0 unspecified atom stereocenters. The standard InChI is InChI=1S/C25H32N2O/c28-24(14-25-11-17-7-18(12-25)9-19(8-17)13-25)26-15-16-5-6-23-21(10-16)20-3-1-2-4-22(20)27-23/h5-6,10,17-19,27H,1-4,7-9,11-15H2,(H,26,28). The van der Waals surface area contributed by atoms with Gasteiger partial charge >= 0.3 is 0 Å². The van der Waals surface area contributed by atoms with E-state index in [2.05, 4.69) is 28.5 Å². The number of fused-ring (bicyclic) bond motifs is 3. The highest BCUT2D eigenvalue weighted by atomic mass is 16.1. The SMILES string of the molecule is O=C(CC12CC3CC(CC(C3)C1)C2)NCc1ccc2[nH]c3c(c2c1)CCCC3. The molecular weight excluding hydrogens is 344 g/mol. The maximum Gasteiger partial charge on any atom is 0.220 e.